The molecule has 3 N–H and O–H groups in total. The van der Waals surface area contributed by atoms with Gasteiger partial charge in [-0.2, -0.15) is 13.2 Å². The summed E-state index contributed by atoms with van der Waals surface area (Å²) in [6.07, 6.45) is -3.48. The van der Waals surface area contributed by atoms with Crippen LogP contribution in [0.4, 0.5) is 24.5 Å². The SMILES string of the molecule is CN(C)CCCNc1ccc(NC(=O)C#Cc2ccc(C(F)(F)F)cc2Cl)cc1.O=CO. The molecule has 0 spiro atoms. The molecule has 0 saturated carbocycles. The first-order chi connectivity index (χ1) is 15.1. The van der Waals surface area contributed by atoms with Crippen molar-refractivity contribution < 1.29 is 27.9 Å². The molecule has 2 aromatic carbocycles. The molecule has 0 fully saturated rings. The van der Waals surface area contributed by atoms with Crippen molar-refractivity contribution in [1.29, 1.82) is 0 Å². The van der Waals surface area contributed by atoms with Crippen LogP contribution in [0.25, 0.3) is 0 Å². The number of halogens is 4. The van der Waals surface area contributed by atoms with Crippen LogP contribution in [0.15, 0.2) is 42.5 Å². The average molecular weight is 470 g/mol. The number of nitrogens with one attached hydrogen (secondary N) is 2. The van der Waals surface area contributed by atoms with E-state index in [4.69, 9.17) is 21.5 Å². The monoisotopic (exact) mass is 469 g/mol. The number of nitrogens with zero attached hydrogens (tertiary/aromatic N) is 1. The van der Waals surface area contributed by atoms with Gasteiger partial charge in [0, 0.05) is 29.4 Å². The van der Waals surface area contributed by atoms with Crippen LogP contribution < -0.4 is 10.6 Å². The summed E-state index contributed by atoms with van der Waals surface area (Å²) in [7, 11) is 4.04. The lowest BCUT2D eigenvalue weighted by Gasteiger charge is -2.11. The fraction of sp³-hybridized carbons (Fsp3) is 0.273. The highest BCUT2D eigenvalue weighted by atomic mass is 35.5. The molecule has 0 radical (unpaired) electrons. The minimum absolute atomic E-state index is 0.145. The van der Waals surface area contributed by atoms with Gasteiger partial charge >= 0.3 is 12.1 Å². The highest BCUT2D eigenvalue weighted by molar-refractivity contribution is 6.31. The maximum Gasteiger partial charge on any atom is 0.416 e. The number of alkyl halides is 3. The van der Waals surface area contributed by atoms with E-state index in [2.05, 4.69) is 27.4 Å². The van der Waals surface area contributed by atoms with Crippen molar-refractivity contribution in [1.82, 2.24) is 4.90 Å². The first kappa shape index (κ1) is 26.8. The van der Waals surface area contributed by atoms with Crippen LogP contribution in [0.1, 0.15) is 17.5 Å². The number of carbonyl (C=O) groups is 2. The molecule has 10 heteroatoms. The van der Waals surface area contributed by atoms with E-state index in [9.17, 15) is 18.0 Å². The quantitative estimate of drug-likeness (QED) is 0.331. The predicted molar refractivity (Wildman–Crippen MR) is 119 cm³/mol. The first-order valence-electron chi connectivity index (χ1n) is 9.33. The van der Waals surface area contributed by atoms with Crippen LogP contribution >= 0.6 is 11.6 Å². The van der Waals surface area contributed by atoms with Gasteiger partial charge in [0.1, 0.15) is 0 Å². The van der Waals surface area contributed by atoms with E-state index in [0.717, 1.165) is 43.4 Å². The van der Waals surface area contributed by atoms with E-state index in [1.807, 2.05) is 26.2 Å². The zero-order valence-corrected chi connectivity index (χ0v) is 18.2. The van der Waals surface area contributed by atoms with Gasteiger partial charge in [0.2, 0.25) is 0 Å². The van der Waals surface area contributed by atoms with Gasteiger partial charge < -0.3 is 20.6 Å². The van der Waals surface area contributed by atoms with Crippen LogP contribution in [-0.4, -0.2) is 49.6 Å². The van der Waals surface area contributed by atoms with Crippen molar-refractivity contribution in [2.45, 2.75) is 12.6 Å². The third kappa shape index (κ3) is 10.2. The Morgan fingerprint density at radius 1 is 1.16 bits per heavy atom. The number of carboxylic acid groups (broad SMARTS) is 1. The lowest BCUT2D eigenvalue weighted by molar-refractivity contribution is -0.137. The molecule has 32 heavy (non-hydrogen) atoms. The highest BCUT2D eigenvalue weighted by Crippen LogP contribution is 2.31. The molecule has 0 unspecified atom stereocenters. The van der Waals surface area contributed by atoms with Crippen LogP contribution in [0, 0.1) is 11.8 Å². The van der Waals surface area contributed by atoms with Crippen molar-refractivity contribution in [3.05, 3.63) is 58.6 Å². The van der Waals surface area contributed by atoms with Gasteiger partial charge in [-0.15, -0.1) is 0 Å². The van der Waals surface area contributed by atoms with Gasteiger partial charge in [0.15, 0.2) is 0 Å². The third-order valence-electron chi connectivity index (χ3n) is 3.86. The number of amides is 1. The normalized spacial score (nSPS) is 10.3. The van der Waals surface area contributed by atoms with Gasteiger partial charge in [-0.05, 0) is 69.5 Å². The molecule has 172 valence electrons. The number of benzene rings is 2. The molecule has 0 aliphatic rings. The molecular formula is C22H23ClF3N3O3. The van der Waals surface area contributed by atoms with Gasteiger partial charge in [0.25, 0.3) is 6.47 Å². The predicted octanol–water partition coefficient (Wildman–Crippen LogP) is 4.41. The van der Waals surface area contributed by atoms with E-state index in [1.165, 1.54) is 0 Å². The van der Waals surface area contributed by atoms with Crippen LogP contribution in [0.2, 0.25) is 5.02 Å². The Kier molecular flexibility index (Phi) is 11.1. The van der Waals surface area contributed by atoms with Gasteiger partial charge in [0.05, 0.1) is 10.6 Å². The molecular weight excluding hydrogens is 447 g/mol. The van der Waals surface area contributed by atoms with Crippen LogP contribution in [0.5, 0.6) is 0 Å². The second kappa shape index (κ2) is 13.2. The molecule has 6 nitrogen and oxygen atoms in total. The number of hydrogen-bond acceptors (Lipinski definition) is 4. The lowest BCUT2D eigenvalue weighted by Crippen LogP contribution is -2.16. The topological polar surface area (TPSA) is 81.7 Å². The highest BCUT2D eigenvalue weighted by Gasteiger charge is 2.30. The van der Waals surface area contributed by atoms with Gasteiger partial charge in [-0.3, -0.25) is 9.59 Å². The molecule has 0 aliphatic heterocycles. The number of rotatable bonds is 6. The largest absolute Gasteiger partial charge is 0.483 e. The second-order valence-corrected chi connectivity index (χ2v) is 7.07. The van der Waals surface area contributed by atoms with Crippen LogP contribution in [-0.2, 0) is 15.8 Å². The Balaban J connectivity index is 0.00000161. The molecule has 0 saturated heterocycles. The number of anilines is 2. The number of hydrogen-bond donors (Lipinski definition) is 3. The van der Waals surface area contributed by atoms with E-state index in [-0.39, 0.29) is 17.1 Å². The van der Waals surface area contributed by atoms with Crippen LogP contribution in [0.3, 0.4) is 0 Å². The number of carbonyl (C=O) groups excluding carboxylic acids is 1. The molecule has 2 rings (SSSR count). The summed E-state index contributed by atoms with van der Waals surface area (Å²) in [6, 6.07) is 9.95. The summed E-state index contributed by atoms with van der Waals surface area (Å²) in [6.45, 7) is 1.58. The first-order valence-corrected chi connectivity index (χ1v) is 9.71. The Bertz CT molecular complexity index is 953. The van der Waals surface area contributed by atoms with E-state index in [1.54, 1.807) is 12.1 Å². The summed E-state index contributed by atoms with van der Waals surface area (Å²) in [5, 5.41) is 12.6. The summed E-state index contributed by atoms with van der Waals surface area (Å²) >= 11 is 5.82. The zero-order chi connectivity index (χ0) is 24.1. The maximum atomic E-state index is 12.6. The van der Waals surface area contributed by atoms with E-state index >= 15 is 0 Å². The second-order valence-electron chi connectivity index (χ2n) is 6.66. The molecule has 0 atom stereocenters. The standard InChI is InChI=1S/C21H21ClF3N3O.CH2O2/c1-28(2)13-3-12-26-17-7-9-18(10-8-17)27-20(29)11-5-15-4-6-16(14-19(15)22)21(23,24)25;2-1-3/h4,6-10,14,26H,3,12-13H2,1-2H3,(H,27,29);1H,(H,2,3). The van der Waals surface area contributed by atoms with E-state index in [0.29, 0.717) is 5.69 Å². The summed E-state index contributed by atoms with van der Waals surface area (Å²) < 4.78 is 37.9. The summed E-state index contributed by atoms with van der Waals surface area (Å²) in [5.74, 6) is 4.23. The van der Waals surface area contributed by atoms with Crippen molar-refractivity contribution in [2.75, 3.05) is 37.8 Å². The maximum absolute atomic E-state index is 12.6. The zero-order valence-electron chi connectivity index (χ0n) is 17.5. The fourth-order valence-corrected chi connectivity index (χ4v) is 2.61. The van der Waals surface area contributed by atoms with Gasteiger partial charge in [-0.25, -0.2) is 0 Å². The van der Waals surface area contributed by atoms with Crippen molar-refractivity contribution >= 4 is 35.4 Å². The Morgan fingerprint density at radius 2 is 1.75 bits per heavy atom. The van der Waals surface area contributed by atoms with E-state index < -0.39 is 17.6 Å². The lowest BCUT2D eigenvalue weighted by atomic mass is 10.1. The fourth-order valence-electron chi connectivity index (χ4n) is 2.38. The van der Waals surface area contributed by atoms with Crippen molar-refractivity contribution in [3.8, 4) is 11.8 Å². The summed E-state index contributed by atoms with van der Waals surface area (Å²) in [4.78, 5) is 22.4. The minimum atomic E-state index is -4.49. The average Bonchev–Trinajstić information content (AvgIpc) is 2.71. The third-order valence-corrected chi connectivity index (χ3v) is 4.17. The molecule has 2 aromatic rings. The van der Waals surface area contributed by atoms with Crippen molar-refractivity contribution in [2.24, 2.45) is 0 Å². The van der Waals surface area contributed by atoms with Crippen molar-refractivity contribution in [3.63, 3.8) is 0 Å². The Morgan fingerprint density at radius 3 is 2.28 bits per heavy atom. The van der Waals surface area contributed by atoms with Gasteiger partial charge in [-0.1, -0.05) is 17.5 Å². The molecule has 0 bridgehead atoms. The molecule has 0 aromatic heterocycles. The Hall–Kier alpha value is -3.22. The minimum Gasteiger partial charge on any atom is -0.483 e. The smallest absolute Gasteiger partial charge is 0.416 e. The molecule has 1 amide bonds. The summed E-state index contributed by atoms with van der Waals surface area (Å²) in [5.41, 5.74) is 0.769. The molecule has 0 aliphatic carbocycles. The Labute approximate surface area is 189 Å². The molecule has 0 heterocycles.